The first-order valence-corrected chi connectivity index (χ1v) is 12.4. The number of benzene rings is 2. The predicted octanol–water partition coefficient (Wildman–Crippen LogP) is 2.99. The zero-order chi connectivity index (χ0) is 24.6. The van der Waals surface area contributed by atoms with Crippen molar-refractivity contribution in [2.24, 2.45) is 5.92 Å². The third-order valence-corrected chi connectivity index (χ3v) is 6.55. The Bertz CT molecular complexity index is 1040. The molecule has 2 amide bonds. The van der Waals surface area contributed by atoms with Crippen LogP contribution < -0.4 is 10.0 Å². The lowest BCUT2D eigenvalue weighted by atomic mass is 10.0. The summed E-state index contributed by atoms with van der Waals surface area (Å²) in [5.41, 5.74) is 1.65. The Hall–Kier alpha value is -2.78. The molecule has 1 atom stereocenters. The van der Waals surface area contributed by atoms with Crippen molar-refractivity contribution in [1.82, 2.24) is 14.9 Å². The topological polar surface area (TPSA) is 95.6 Å². The number of halogens is 1. The standard InChI is InChI=1S/C24H32FN3O4S/c1-5-28(16-23(29)26-15-19-8-10-20(25)11-9-19)24(30)22(14-17(2)3)27-33(31,32)21-12-6-18(4)7-13-21/h6-13,17,22,27H,5,14-16H2,1-4H3,(H,26,29). The summed E-state index contributed by atoms with van der Waals surface area (Å²) in [4.78, 5) is 27.0. The molecule has 7 nitrogen and oxygen atoms in total. The molecule has 0 bridgehead atoms. The molecule has 0 aromatic heterocycles. The van der Waals surface area contributed by atoms with E-state index in [0.29, 0.717) is 0 Å². The number of nitrogens with one attached hydrogen (secondary N) is 2. The maximum atomic E-state index is 13.2. The highest BCUT2D eigenvalue weighted by atomic mass is 32.2. The summed E-state index contributed by atoms with van der Waals surface area (Å²) in [6, 6.07) is 11.1. The van der Waals surface area contributed by atoms with Crippen LogP contribution in [0.2, 0.25) is 0 Å². The Balaban J connectivity index is 2.08. The van der Waals surface area contributed by atoms with Gasteiger partial charge in [0, 0.05) is 13.1 Å². The van der Waals surface area contributed by atoms with E-state index in [1.54, 1.807) is 31.2 Å². The van der Waals surface area contributed by atoms with E-state index in [9.17, 15) is 22.4 Å². The van der Waals surface area contributed by atoms with Gasteiger partial charge in [-0.25, -0.2) is 12.8 Å². The van der Waals surface area contributed by atoms with E-state index < -0.39 is 22.0 Å². The van der Waals surface area contributed by atoms with E-state index in [1.807, 2.05) is 20.8 Å². The van der Waals surface area contributed by atoms with Gasteiger partial charge in [-0.05, 0) is 56.0 Å². The molecule has 0 aliphatic carbocycles. The summed E-state index contributed by atoms with van der Waals surface area (Å²) in [6.45, 7) is 7.60. The summed E-state index contributed by atoms with van der Waals surface area (Å²) in [5, 5.41) is 2.70. The van der Waals surface area contributed by atoms with Gasteiger partial charge in [-0.2, -0.15) is 4.72 Å². The number of carbonyl (C=O) groups excluding carboxylic acids is 2. The van der Waals surface area contributed by atoms with Crippen LogP contribution in [0.3, 0.4) is 0 Å². The molecule has 1 unspecified atom stereocenters. The number of carbonyl (C=O) groups is 2. The van der Waals surface area contributed by atoms with Gasteiger partial charge in [0.15, 0.2) is 0 Å². The second-order valence-electron chi connectivity index (χ2n) is 8.37. The van der Waals surface area contributed by atoms with E-state index in [2.05, 4.69) is 10.0 Å². The van der Waals surface area contributed by atoms with Crippen molar-refractivity contribution in [2.45, 2.75) is 51.6 Å². The van der Waals surface area contributed by atoms with Crippen LogP contribution in [-0.2, 0) is 26.2 Å². The molecule has 0 fully saturated rings. The van der Waals surface area contributed by atoms with E-state index in [4.69, 9.17) is 0 Å². The number of hydrogen-bond donors (Lipinski definition) is 2. The van der Waals surface area contributed by atoms with Crippen molar-refractivity contribution < 1.29 is 22.4 Å². The molecule has 0 spiro atoms. The quantitative estimate of drug-likeness (QED) is 0.520. The molecule has 2 N–H and O–H groups in total. The van der Waals surface area contributed by atoms with Gasteiger partial charge in [-0.3, -0.25) is 9.59 Å². The van der Waals surface area contributed by atoms with Crippen molar-refractivity contribution in [3.8, 4) is 0 Å². The monoisotopic (exact) mass is 477 g/mol. The van der Waals surface area contributed by atoms with Gasteiger partial charge in [0.2, 0.25) is 21.8 Å². The van der Waals surface area contributed by atoms with Gasteiger partial charge >= 0.3 is 0 Å². The summed E-state index contributed by atoms with van der Waals surface area (Å²) in [6.07, 6.45) is 0.289. The molecule has 0 radical (unpaired) electrons. The number of amides is 2. The molecule has 2 aromatic rings. The number of aryl methyl sites for hydroxylation is 1. The molecule has 0 aliphatic rings. The van der Waals surface area contributed by atoms with Crippen molar-refractivity contribution in [2.75, 3.05) is 13.1 Å². The Morgan fingerprint density at radius 1 is 1.03 bits per heavy atom. The average Bonchev–Trinajstić information content (AvgIpc) is 2.76. The largest absolute Gasteiger partial charge is 0.350 e. The van der Waals surface area contributed by atoms with Crippen molar-refractivity contribution in [1.29, 1.82) is 0 Å². The molecule has 2 rings (SSSR count). The minimum absolute atomic E-state index is 0.0469. The Labute approximate surface area is 195 Å². The molecule has 0 saturated carbocycles. The molecular weight excluding hydrogens is 445 g/mol. The highest BCUT2D eigenvalue weighted by Crippen LogP contribution is 2.15. The number of hydrogen-bond acceptors (Lipinski definition) is 4. The van der Waals surface area contributed by atoms with Crippen LogP contribution >= 0.6 is 0 Å². The SMILES string of the molecule is CCN(CC(=O)NCc1ccc(F)cc1)C(=O)C(CC(C)C)NS(=O)(=O)c1ccc(C)cc1. The van der Waals surface area contributed by atoms with E-state index in [0.717, 1.165) is 11.1 Å². The fraction of sp³-hybridized carbons (Fsp3) is 0.417. The van der Waals surface area contributed by atoms with Crippen molar-refractivity contribution >= 4 is 21.8 Å². The molecule has 2 aromatic carbocycles. The molecule has 33 heavy (non-hydrogen) atoms. The molecular formula is C24H32FN3O4S. The van der Waals surface area contributed by atoms with Crippen molar-refractivity contribution in [3.63, 3.8) is 0 Å². The van der Waals surface area contributed by atoms with E-state index >= 15 is 0 Å². The first-order chi connectivity index (χ1) is 15.5. The first kappa shape index (κ1) is 26.5. The van der Waals surface area contributed by atoms with Crippen LogP contribution in [0, 0.1) is 18.7 Å². The molecule has 0 heterocycles. The normalized spacial score (nSPS) is 12.4. The van der Waals surface area contributed by atoms with Crippen LogP contribution in [-0.4, -0.2) is 44.3 Å². The summed E-state index contributed by atoms with van der Waals surface area (Å²) in [5.74, 6) is -1.17. The Morgan fingerprint density at radius 3 is 2.18 bits per heavy atom. The summed E-state index contributed by atoms with van der Waals surface area (Å²) < 4.78 is 41.3. The number of sulfonamides is 1. The van der Waals surface area contributed by atoms with E-state index in [-0.39, 0.29) is 48.6 Å². The molecule has 0 aliphatic heterocycles. The third kappa shape index (κ3) is 8.25. The van der Waals surface area contributed by atoms with Gasteiger partial charge in [0.25, 0.3) is 0 Å². The molecule has 9 heteroatoms. The lowest BCUT2D eigenvalue weighted by Gasteiger charge is -2.27. The second-order valence-corrected chi connectivity index (χ2v) is 10.1. The summed E-state index contributed by atoms with van der Waals surface area (Å²) >= 11 is 0. The maximum Gasteiger partial charge on any atom is 0.241 e. The van der Waals surface area contributed by atoms with Gasteiger partial charge in [0.05, 0.1) is 11.4 Å². The number of rotatable bonds is 11. The van der Waals surface area contributed by atoms with Crippen LogP contribution in [0.25, 0.3) is 0 Å². The first-order valence-electron chi connectivity index (χ1n) is 10.9. The van der Waals surface area contributed by atoms with Crippen LogP contribution in [0.1, 0.15) is 38.3 Å². The highest BCUT2D eigenvalue weighted by molar-refractivity contribution is 7.89. The fourth-order valence-corrected chi connectivity index (χ4v) is 4.44. The minimum atomic E-state index is -3.92. The lowest BCUT2D eigenvalue weighted by molar-refractivity contribution is -0.137. The summed E-state index contributed by atoms with van der Waals surface area (Å²) in [7, 11) is -3.92. The van der Waals surface area contributed by atoms with Gasteiger partial charge < -0.3 is 10.2 Å². The number of nitrogens with zero attached hydrogens (tertiary/aromatic N) is 1. The van der Waals surface area contributed by atoms with E-state index in [1.165, 1.54) is 29.2 Å². The lowest BCUT2D eigenvalue weighted by Crippen LogP contribution is -2.51. The zero-order valence-corrected chi connectivity index (χ0v) is 20.3. The minimum Gasteiger partial charge on any atom is -0.350 e. The average molecular weight is 478 g/mol. The van der Waals surface area contributed by atoms with Gasteiger partial charge in [-0.1, -0.05) is 43.7 Å². The third-order valence-electron chi connectivity index (χ3n) is 5.06. The maximum absolute atomic E-state index is 13.2. The van der Waals surface area contributed by atoms with Gasteiger partial charge in [-0.15, -0.1) is 0 Å². The number of likely N-dealkylation sites (N-methyl/N-ethyl adjacent to an activating group) is 1. The molecule has 180 valence electrons. The highest BCUT2D eigenvalue weighted by Gasteiger charge is 2.30. The fourth-order valence-electron chi connectivity index (χ4n) is 3.24. The Morgan fingerprint density at radius 2 is 1.64 bits per heavy atom. The Kier molecular flexibility index (Phi) is 9.55. The smallest absolute Gasteiger partial charge is 0.241 e. The van der Waals surface area contributed by atoms with Crippen LogP contribution in [0.15, 0.2) is 53.4 Å². The van der Waals surface area contributed by atoms with Crippen molar-refractivity contribution in [3.05, 3.63) is 65.5 Å². The van der Waals surface area contributed by atoms with Crippen LogP contribution in [0.5, 0.6) is 0 Å². The molecule has 0 saturated heterocycles. The second kappa shape index (κ2) is 11.9. The van der Waals surface area contributed by atoms with Crippen LogP contribution in [0.4, 0.5) is 4.39 Å². The zero-order valence-electron chi connectivity index (χ0n) is 19.5. The predicted molar refractivity (Wildman–Crippen MR) is 125 cm³/mol. The van der Waals surface area contributed by atoms with Gasteiger partial charge in [0.1, 0.15) is 11.9 Å².